The molecule has 0 bridgehead atoms. The fourth-order valence-corrected chi connectivity index (χ4v) is 2.30. The van der Waals surface area contributed by atoms with Crippen LogP contribution in [0.4, 0.5) is 0 Å². The molecule has 1 fully saturated rings. The molecule has 2 heterocycles. The van der Waals surface area contributed by atoms with E-state index in [2.05, 4.69) is 23.3 Å². The van der Waals surface area contributed by atoms with E-state index in [9.17, 15) is 0 Å². The molecule has 3 N–H and O–H groups in total. The molecule has 1 aromatic rings. The number of pyridine rings is 1. The zero-order valence-corrected chi connectivity index (χ0v) is 11.1. The number of ether oxygens (including phenoxy) is 1. The minimum Gasteiger partial charge on any atom is -0.381 e. The summed E-state index contributed by atoms with van der Waals surface area (Å²) < 4.78 is 5.41. The predicted molar refractivity (Wildman–Crippen MR) is 72.0 cm³/mol. The molecule has 2 rings (SSSR count). The fraction of sp³-hybridized carbons (Fsp3) is 0.643. The van der Waals surface area contributed by atoms with Crippen LogP contribution < -0.4 is 11.1 Å². The normalized spacial score (nSPS) is 18.8. The monoisotopic (exact) mass is 249 g/mol. The van der Waals surface area contributed by atoms with Gasteiger partial charge in [0.05, 0.1) is 5.69 Å². The van der Waals surface area contributed by atoms with Crippen LogP contribution in [0.1, 0.15) is 31.0 Å². The molecule has 0 unspecified atom stereocenters. The minimum absolute atomic E-state index is 0.377. The molecule has 4 nitrogen and oxygen atoms in total. The number of aromatic nitrogens is 1. The van der Waals surface area contributed by atoms with Crippen molar-refractivity contribution in [3.8, 4) is 0 Å². The van der Waals surface area contributed by atoms with Crippen molar-refractivity contribution in [2.45, 2.75) is 32.9 Å². The lowest BCUT2D eigenvalue weighted by Crippen LogP contribution is -2.36. The summed E-state index contributed by atoms with van der Waals surface area (Å²) in [6, 6.07) is 4.11. The van der Waals surface area contributed by atoms with Crippen molar-refractivity contribution in [1.82, 2.24) is 10.3 Å². The van der Waals surface area contributed by atoms with Crippen molar-refractivity contribution < 1.29 is 4.74 Å². The maximum Gasteiger partial charge on any atom is 0.0542 e. The van der Waals surface area contributed by atoms with Gasteiger partial charge in [0, 0.05) is 39.0 Å². The lowest BCUT2D eigenvalue weighted by Gasteiger charge is -2.33. The van der Waals surface area contributed by atoms with E-state index in [-0.39, 0.29) is 0 Å². The van der Waals surface area contributed by atoms with Crippen LogP contribution in [0.25, 0.3) is 0 Å². The number of nitrogens with zero attached hydrogens (tertiary/aromatic N) is 1. The van der Waals surface area contributed by atoms with Gasteiger partial charge in [0.15, 0.2) is 0 Å². The highest BCUT2D eigenvalue weighted by Crippen LogP contribution is 2.28. The quantitative estimate of drug-likeness (QED) is 0.829. The molecule has 0 aliphatic carbocycles. The number of hydrogen-bond acceptors (Lipinski definition) is 4. The molecule has 1 saturated heterocycles. The van der Waals surface area contributed by atoms with Gasteiger partial charge < -0.3 is 15.8 Å². The smallest absolute Gasteiger partial charge is 0.0542 e. The van der Waals surface area contributed by atoms with Gasteiger partial charge in [-0.05, 0) is 36.0 Å². The van der Waals surface area contributed by atoms with Gasteiger partial charge in [0.1, 0.15) is 0 Å². The average Bonchev–Trinajstić information content (AvgIpc) is 2.40. The van der Waals surface area contributed by atoms with Crippen molar-refractivity contribution in [2.24, 2.45) is 11.1 Å². The van der Waals surface area contributed by atoms with E-state index in [0.29, 0.717) is 12.0 Å². The number of nitrogens with two attached hydrogens (primary N) is 1. The molecule has 0 aromatic carbocycles. The lowest BCUT2D eigenvalue weighted by atomic mass is 9.82. The first-order valence-electron chi connectivity index (χ1n) is 6.64. The highest BCUT2D eigenvalue weighted by Gasteiger charge is 2.26. The molecule has 0 amide bonds. The highest BCUT2D eigenvalue weighted by molar-refractivity contribution is 5.16. The Bertz CT molecular complexity index is 375. The van der Waals surface area contributed by atoms with Crippen LogP contribution in [-0.2, 0) is 17.8 Å². The van der Waals surface area contributed by atoms with Gasteiger partial charge in [-0.25, -0.2) is 0 Å². The third-order valence-corrected chi connectivity index (χ3v) is 3.67. The minimum atomic E-state index is 0.377. The van der Waals surface area contributed by atoms with Crippen LogP contribution in [-0.4, -0.2) is 24.7 Å². The number of nitrogens with one attached hydrogen (secondary N) is 1. The second-order valence-corrected chi connectivity index (χ2v) is 5.39. The topological polar surface area (TPSA) is 60.2 Å². The second-order valence-electron chi connectivity index (χ2n) is 5.39. The first kappa shape index (κ1) is 13.5. The molecule has 0 saturated carbocycles. The van der Waals surface area contributed by atoms with Crippen LogP contribution in [0.5, 0.6) is 0 Å². The summed E-state index contributed by atoms with van der Waals surface area (Å²) in [4.78, 5) is 4.20. The van der Waals surface area contributed by atoms with Gasteiger partial charge in [0.25, 0.3) is 0 Å². The number of rotatable bonds is 5. The Labute approximate surface area is 109 Å². The van der Waals surface area contributed by atoms with E-state index in [1.165, 1.54) is 5.56 Å². The lowest BCUT2D eigenvalue weighted by molar-refractivity contribution is 0.0240. The van der Waals surface area contributed by atoms with Gasteiger partial charge in [-0.15, -0.1) is 0 Å². The summed E-state index contributed by atoms with van der Waals surface area (Å²) in [6.07, 6.45) is 4.12. The maximum atomic E-state index is 5.59. The van der Waals surface area contributed by atoms with Crippen LogP contribution in [0.3, 0.4) is 0 Å². The molecule has 1 aromatic heterocycles. The summed E-state index contributed by atoms with van der Waals surface area (Å²) in [5, 5.41) is 3.54. The van der Waals surface area contributed by atoms with Crippen molar-refractivity contribution >= 4 is 0 Å². The molecule has 100 valence electrons. The Morgan fingerprint density at radius 3 is 2.94 bits per heavy atom. The Morgan fingerprint density at radius 2 is 2.22 bits per heavy atom. The SMILES string of the molecule is CC1(CNCc2ccnc(CN)c2)CCOCC1. The molecular weight excluding hydrogens is 226 g/mol. The predicted octanol–water partition coefficient (Wildman–Crippen LogP) is 1.45. The first-order chi connectivity index (χ1) is 8.72. The maximum absolute atomic E-state index is 5.59. The standard InChI is InChI=1S/C14H23N3O/c1-14(3-6-18-7-4-14)11-16-10-12-2-5-17-13(8-12)9-15/h2,5,8,16H,3-4,6-7,9-11,15H2,1H3. The molecular formula is C14H23N3O. The number of hydrogen-bond donors (Lipinski definition) is 2. The third kappa shape index (κ3) is 3.77. The van der Waals surface area contributed by atoms with E-state index in [0.717, 1.165) is 44.8 Å². The van der Waals surface area contributed by atoms with Gasteiger partial charge >= 0.3 is 0 Å². The highest BCUT2D eigenvalue weighted by atomic mass is 16.5. The third-order valence-electron chi connectivity index (χ3n) is 3.67. The van der Waals surface area contributed by atoms with Crippen molar-refractivity contribution in [1.29, 1.82) is 0 Å². The summed E-state index contributed by atoms with van der Waals surface area (Å²) in [6.45, 7) is 6.54. The average molecular weight is 249 g/mol. The summed E-state index contributed by atoms with van der Waals surface area (Å²) >= 11 is 0. The Morgan fingerprint density at radius 1 is 1.44 bits per heavy atom. The largest absolute Gasteiger partial charge is 0.381 e. The Kier molecular flexibility index (Phi) is 4.69. The van der Waals surface area contributed by atoms with Crippen LogP contribution in [0, 0.1) is 5.41 Å². The zero-order valence-electron chi connectivity index (χ0n) is 11.1. The van der Waals surface area contributed by atoms with E-state index in [1.54, 1.807) is 0 Å². The molecule has 4 heteroatoms. The van der Waals surface area contributed by atoms with Gasteiger partial charge in [-0.1, -0.05) is 6.92 Å². The molecule has 1 aliphatic heterocycles. The fourth-order valence-electron chi connectivity index (χ4n) is 2.30. The van der Waals surface area contributed by atoms with Gasteiger partial charge in [0.2, 0.25) is 0 Å². The molecule has 1 aliphatic rings. The van der Waals surface area contributed by atoms with Crippen LogP contribution in [0.2, 0.25) is 0 Å². The second kappa shape index (κ2) is 6.27. The van der Waals surface area contributed by atoms with E-state index in [1.807, 2.05) is 12.3 Å². The molecule has 18 heavy (non-hydrogen) atoms. The van der Waals surface area contributed by atoms with E-state index in [4.69, 9.17) is 10.5 Å². The van der Waals surface area contributed by atoms with Gasteiger partial charge in [-0.3, -0.25) is 4.98 Å². The van der Waals surface area contributed by atoms with Gasteiger partial charge in [-0.2, -0.15) is 0 Å². The van der Waals surface area contributed by atoms with E-state index < -0.39 is 0 Å². The van der Waals surface area contributed by atoms with E-state index >= 15 is 0 Å². The molecule has 0 radical (unpaired) electrons. The Hall–Kier alpha value is -0.970. The van der Waals surface area contributed by atoms with Crippen LogP contribution in [0.15, 0.2) is 18.3 Å². The summed E-state index contributed by atoms with van der Waals surface area (Å²) in [5.41, 5.74) is 8.17. The van der Waals surface area contributed by atoms with Crippen molar-refractivity contribution in [3.05, 3.63) is 29.6 Å². The van der Waals surface area contributed by atoms with Crippen molar-refractivity contribution in [3.63, 3.8) is 0 Å². The molecule has 0 spiro atoms. The van der Waals surface area contributed by atoms with Crippen LogP contribution >= 0.6 is 0 Å². The van der Waals surface area contributed by atoms with Crippen molar-refractivity contribution in [2.75, 3.05) is 19.8 Å². The molecule has 0 atom stereocenters. The summed E-state index contributed by atoms with van der Waals surface area (Å²) in [7, 11) is 0. The Balaban J connectivity index is 1.80. The first-order valence-corrected chi connectivity index (χ1v) is 6.64. The summed E-state index contributed by atoms with van der Waals surface area (Å²) in [5.74, 6) is 0. The zero-order chi connectivity index (χ0) is 12.8.